The van der Waals surface area contributed by atoms with Gasteiger partial charge in [-0.1, -0.05) is 19.1 Å². The molecule has 0 heterocycles. The van der Waals surface area contributed by atoms with Crippen molar-refractivity contribution in [1.82, 2.24) is 0 Å². The van der Waals surface area contributed by atoms with E-state index in [0.717, 1.165) is 6.07 Å². The van der Waals surface area contributed by atoms with E-state index >= 15 is 0 Å². The first-order chi connectivity index (χ1) is 12.5. The van der Waals surface area contributed by atoms with Gasteiger partial charge in [0.2, 0.25) is 0 Å². The van der Waals surface area contributed by atoms with Gasteiger partial charge >= 0.3 is 18.2 Å². The van der Waals surface area contributed by atoms with Crippen LogP contribution in [0, 0.1) is 5.41 Å². The van der Waals surface area contributed by atoms with Crippen molar-refractivity contribution in [3.63, 3.8) is 0 Å². The molecule has 0 aliphatic carbocycles. The van der Waals surface area contributed by atoms with E-state index in [-0.39, 0.29) is 12.2 Å². The summed E-state index contributed by atoms with van der Waals surface area (Å²) in [5.41, 5.74) is -2.80. The molecule has 0 saturated carbocycles. The molecule has 1 unspecified atom stereocenters. The standard InChI is InChI=1S/C20H28F3NO4/c1-12(11-27-16(25)18(2,3)4)13-9-8-10-14(20(21,22)23)15(13)24-17(26)28-19(5,6)7/h8-10,12H,11H2,1-7H3,(H,24,26). The van der Waals surface area contributed by atoms with Crippen LogP contribution in [0.25, 0.3) is 0 Å². The normalized spacial score (nSPS) is 13.6. The predicted molar refractivity (Wildman–Crippen MR) is 100 cm³/mol. The molecule has 1 atom stereocenters. The number of nitrogens with one attached hydrogen (secondary N) is 1. The summed E-state index contributed by atoms with van der Waals surface area (Å²) in [5, 5.41) is 2.22. The molecule has 0 bridgehead atoms. The average Bonchev–Trinajstić information content (AvgIpc) is 2.48. The number of alkyl halides is 3. The number of amides is 1. The Morgan fingerprint density at radius 1 is 1.07 bits per heavy atom. The third kappa shape index (κ3) is 7.05. The van der Waals surface area contributed by atoms with Gasteiger partial charge in [0.25, 0.3) is 0 Å². The Morgan fingerprint density at radius 3 is 2.11 bits per heavy atom. The number of hydrogen-bond acceptors (Lipinski definition) is 4. The molecule has 0 aliphatic rings. The van der Waals surface area contributed by atoms with Crippen LogP contribution in [0.2, 0.25) is 0 Å². The Morgan fingerprint density at radius 2 is 1.64 bits per heavy atom. The van der Waals surface area contributed by atoms with Gasteiger partial charge in [-0.05, 0) is 53.2 Å². The molecule has 8 heteroatoms. The summed E-state index contributed by atoms with van der Waals surface area (Å²) in [6.07, 6.45) is -5.67. The Balaban J connectivity index is 3.20. The van der Waals surface area contributed by atoms with Gasteiger partial charge in [-0.15, -0.1) is 0 Å². The Hall–Kier alpha value is -2.25. The first kappa shape index (κ1) is 23.8. The molecular weight excluding hydrogens is 375 g/mol. The molecule has 158 valence electrons. The lowest BCUT2D eigenvalue weighted by molar-refractivity contribution is -0.153. The number of para-hydroxylation sites is 1. The minimum Gasteiger partial charge on any atom is -0.465 e. The molecule has 0 fully saturated rings. The zero-order valence-electron chi connectivity index (χ0n) is 17.3. The van der Waals surface area contributed by atoms with Crippen LogP contribution in [0.15, 0.2) is 18.2 Å². The fraction of sp³-hybridized carbons (Fsp3) is 0.600. The van der Waals surface area contributed by atoms with Crippen molar-refractivity contribution in [3.8, 4) is 0 Å². The van der Waals surface area contributed by atoms with E-state index in [2.05, 4.69) is 5.32 Å². The number of halogens is 3. The maximum atomic E-state index is 13.5. The van der Waals surface area contributed by atoms with E-state index in [4.69, 9.17) is 9.47 Å². The highest BCUT2D eigenvalue weighted by molar-refractivity contribution is 5.87. The molecule has 1 rings (SSSR count). The lowest BCUT2D eigenvalue weighted by Gasteiger charge is -2.24. The van der Waals surface area contributed by atoms with Crippen LogP contribution >= 0.6 is 0 Å². The van der Waals surface area contributed by atoms with Gasteiger partial charge in [-0.3, -0.25) is 10.1 Å². The van der Waals surface area contributed by atoms with Crippen LogP contribution in [0.1, 0.15) is 65.5 Å². The van der Waals surface area contributed by atoms with E-state index in [1.54, 1.807) is 48.5 Å². The molecule has 0 aliphatic heterocycles. The summed E-state index contributed by atoms with van der Waals surface area (Å²) in [7, 11) is 0. The minimum atomic E-state index is -4.68. The summed E-state index contributed by atoms with van der Waals surface area (Å²) in [5.74, 6) is -1.05. The van der Waals surface area contributed by atoms with Crippen molar-refractivity contribution in [2.75, 3.05) is 11.9 Å². The van der Waals surface area contributed by atoms with Crippen molar-refractivity contribution in [2.45, 2.75) is 66.2 Å². The summed E-state index contributed by atoms with van der Waals surface area (Å²) in [6, 6.07) is 3.59. The van der Waals surface area contributed by atoms with Gasteiger partial charge in [0, 0.05) is 5.92 Å². The predicted octanol–water partition coefficient (Wildman–Crippen LogP) is 5.75. The molecule has 0 aromatic heterocycles. The largest absolute Gasteiger partial charge is 0.465 e. The first-order valence-corrected chi connectivity index (χ1v) is 8.89. The lowest BCUT2D eigenvalue weighted by Crippen LogP contribution is -2.29. The molecule has 1 N–H and O–H groups in total. The summed E-state index contributed by atoms with van der Waals surface area (Å²) < 4.78 is 50.7. The second kappa shape index (κ2) is 8.41. The third-order valence-corrected chi connectivity index (χ3v) is 3.64. The van der Waals surface area contributed by atoms with E-state index in [1.165, 1.54) is 12.1 Å². The van der Waals surface area contributed by atoms with Crippen LogP contribution in [0.3, 0.4) is 0 Å². The number of hydrogen-bond donors (Lipinski definition) is 1. The number of benzene rings is 1. The molecule has 5 nitrogen and oxygen atoms in total. The van der Waals surface area contributed by atoms with Gasteiger partial charge in [-0.2, -0.15) is 13.2 Å². The Kier molecular flexibility index (Phi) is 7.14. The Bertz CT molecular complexity index is 716. The highest BCUT2D eigenvalue weighted by Gasteiger charge is 2.36. The number of esters is 1. The molecule has 28 heavy (non-hydrogen) atoms. The van der Waals surface area contributed by atoms with Crippen LogP contribution in [0.4, 0.5) is 23.7 Å². The smallest absolute Gasteiger partial charge is 0.418 e. The third-order valence-electron chi connectivity index (χ3n) is 3.64. The summed E-state index contributed by atoms with van der Waals surface area (Å²) >= 11 is 0. The number of ether oxygens (including phenoxy) is 2. The monoisotopic (exact) mass is 403 g/mol. The summed E-state index contributed by atoms with van der Waals surface area (Å²) in [6.45, 7) is 11.4. The number of rotatable bonds is 4. The quantitative estimate of drug-likeness (QED) is 0.651. The zero-order chi connectivity index (χ0) is 21.9. The molecule has 0 radical (unpaired) electrons. The van der Waals surface area contributed by atoms with Crippen molar-refractivity contribution in [1.29, 1.82) is 0 Å². The molecule has 1 aromatic rings. The van der Waals surface area contributed by atoms with Gasteiger partial charge in [0.15, 0.2) is 0 Å². The van der Waals surface area contributed by atoms with Gasteiger partial charge in [0.1, 0.15) is 5.60 Å². The average molecular weight is 403 g/mol. The Labute approximate surface area is 163 Å². The molecule has 1 aromatic carbocycles. The first-order valence-electron chi connectivity index (χ1n) is 8.89. The van der Waals surface area contributed by atoms with Crippen molar-refractivity contribution in [3.05, 3.63) is 29.3 Å². The van der Waals surface area contributed by atoms with Gasteiger partial charge in [0.05, 0.1) is 23.3 Å². The van der Waals surface area contributed by atoms with E-state index in [0.29, 0.717) is 0 Å². The SMILES string of the molecule is CC(COC(=O)C(C)(C)C)c1cccc(C(F)(F)F)c1NC(=O)OC(C)(C)C. The zero-order valence-corrected chi connectivity index (χ0v) is 17.3. The number of carbonyl (C=O) groups is 2. The van der Waals surface area contributed by atoms with E-state index in [1.807, 2.05) is 0 Å². The van der Waals surface area contributed by atoms with Crippen molar-refractivity contribution in [2.24, 2.45) is 5.41 Å². The number of anilines is 1. The topological polar surface area (TPSA) is 64.6 Å². The van der Waals surface area contributed by atoms with Crippen molar-refractivity contribution >= 4 is 17.7 Å². The second-order valence-electron chi connectivity index (χ2n) is 8.64. The molecule has 0 saturated heterocycles. The fourth-order valence-electron chi connectivity index (χ4n) is 2.27. The minimum absolute atomic E-state index is 0.125. The highest BCUT2D eigenvalue weighted by Crippen LogP contribution is 2.39. The van der Waals surface area contributed by atoms with Crippen LogP contribution in [-0.4, -0.2) is 24.3 Å². The van der Waals surface area contributed by atoms with Crippen LogP contribution in [0.5, 0.6) is 0 Å². The lowest BCUT2D eigenvalue weighted by atomic mass is 9.95. The van der Waals surface area contributed by atoms with Crippen LogP contribution in [-0.2, 0) is 20.4 Å². The highest BCUT2D eigenvalue weighted by atomic mass is 19.4. The number of carbonyl (C=O) groups excluding carboxylic acids is 2. The maximum Gasteiger partial charge on any atom is 0.418 e. The van der Waals surface area contributed by atoms with Crippen LogP contribution < -0.4 is 5.32 Å². The molecule has 0 spiro atoms. The fourth-order valence-corrected chi connectivity index (χ4v) is 2.27. The van der Waals surface area contributed by atoms with Gasteiger partial charge < -0.3 is 9.47 Å². The molecular formula is C20H28F3NO4. The molecule has 1 amide bonds. The van der Waals surface area contributed by atoms with Crippen molar-refractivity contribution < 1.29 is 32.2 Å². The van der Waals surface area contributed by atoms with E-state index < -0.39 is 46.4 Å². The summed E-state index contributed by atoms with van der Waals surface area (Å²) in [4.78, 5) is 24.0. The van der Waals surface area contributed by atoms with E-state index in [9.17, 15) is 22.8 Å². The second-order valence-corrected chi connectivity index (χ2v) is 8.64. The van der Waals surface area contributed by atoms with Gasteiger partial charge in [-0.25, -0.2) is 4.79 Å². The maximum absolute atomic E-state index is 13.5.